The molecule has 2 N–H and O–H groups in total. The predicted octanol–water partition coefficient (Wildman–Crippen LogP) is 3.68. The molecule has 8 nitrogen and oxygen atoms in total. The number of hydrogen-bond donors (Lipinski definition) is 2. The van der Waals surface area contributed by atoms with Gasteiger partial charge in [0.1, 0.15) is 11.8 Å². The topological polar surface area (TPSA) is 98.2 Å². The standard InChI is InChI=1S/C24H30IN3O5/c1-5-11-33-23-20(25)12-18(13-21(23)32-6-2)15-26-28-24(30)16(3)27-22(29)14-17-7-9-19(31-4)10-8-17/h7-10,12-13,15-16H,5-6,11,14H2,1-4H3,(H,27,29)(H,28,30). The van der Waals surface area contributed by atoms with E-state index in [2.05, 4.69) is 38.4 Å². The van der Waals surface area contributed by atoms with E-state index in [9.17, 15) is 9.59 Å². The Kier molecular flexibility index (Phi) is 10.9. The maximum absolute atomic E-state index is 12.3. The van der Waals surface area contributed by atoms with E-state index in [4.69, 9.17) is 14.2 Å². The van der Waals surface area contributed by atoms with Gasteiger partial charge in [-0.2, -0.15) is 5.10 Å². The Hall–Kier alpha value is -2.82. The van der Waals surface area contributed by atoms with Crippen molar-refractivity contribution in [2.75, 3.05) is 20.3 Å². The number of carbonyl (C=O) groups excluding carboxylic acids is 2. The van der Waals surface area contributed by atoms with Crippen molar-refractivity contribution in [2.45, 2.75) is 39.7 Å². The van der Waals surface area contributed by atoms with Gasteiger partial charge in [-0.05, 0) is 78.3 Å². The summed E-state index contributed by atoms with van der Waals surface area (Å²) in [6, 6.07) is 10.2. The van der Waals surface area contributed by atoms with E-state index in [1.165, 1.54) is 6.21 Å². The molecule has 0 aliphatic rings. The highest BCUT2D eigenvalue weighted by atomic mass is 127. The summed E-state index contributed by atoms with van der Waals surface area (Å²) in [5.41, 5.74) is 4.04. The molecule has 0 bridgehead atoms. The zero-order valence-corrected chi connectivity index (χ0v) is 21.5. The summed E-state index contributed by atoms with van der Waals surface area (Å²) >= 11 is 2.18. The Bertz CT molecular complexity index is 963. The number of nitrogens with one attached hydrogen (secondary N) is 2. The van der Waals surface area contributed by atoms with Gasteiger partial charge in [0.15, 0.2) is 11.5 Å². The molecule has 2 aromatic carbocycles. The van der Waals surface area contributed by atoms with Crippen molar-refractivity contribution >= 4 is 40.6 Å². The second-order valence-corrected chi connectivity index (χ2v) is 8.32. The summed E-state index contributed by atoms with van der Waals surface area (Å²) in [7, 11) is 1.58. The molecule has 0 heterocycles. The van der Waals surface area contributed by atoms with Crippen LogP contribution in [0.4, 0.5) is 0 Å². The number of hydrazone groups is 1. The van der Waals surface area contributed by atoms with E-state index in [-0.39, 0.29) is 12.3 Å². The smallest absolute Gasteiger partial charge is 0.262 e. The van der Waals surface area contributed by atoms with Crippen LogP contribution in [0.1, 0.15) is 38.3 Å². The maximum atomic E-state index is 12.3. The highest BCUT2D eigenvalue weighted by Crippen LogP contribution is 2.34. The van der Waals surface area contributed by atoms with Gasteiger partial charge in [0.05, 0.1) is 36.5 Å². The Labute approximate surface area is 208 Å². The van der Waals surface area contributed by atoms with Gasteiger partial charge < -0.3 is 19.5 Å². The minimum atomic E-state index is -0.739. The molecule has 2 aromatic rings. The first kappa shape index (κ1) is 26.4. The van der Waals surface area contributed by atoms with E-state index in [0.29, 0.717) is 24.7 Å². The molecule has 0 fully saturated rings. The van der Waals surface area contributed by atoms with E-state index in [1.54, 1.807) is 26.2 Å². The molecule has 0 radical (unpaired) electrons. The first-order valence-electron chi connectivity index (χ1n) is 10.7. The van der Waals surface area contributed by atoms with Crippen molar-refractivity contribution < 1.29 is 23.8 Å². The Morgan fingerprint density at radius 3 is 2.52 bits per heavy atom. The molecule has 2 rings (SSSR count). The molecule has 9 heteroatoms. The van der Waals surface area contributed by atoms with Crippen molar-refractivity contribution in [3.63, 3.8) is 0 Å². The van der Waals surface area contributed by atoms with Crippen molar-refractivity contribution in [1.29, 1.82) is 0 Å². The number of methoxy groups -OCH3 is 1. The molecule has 2 amide bonds. The fourth-order valence-electron chi connectivity index (χ4n) is 2.82. The van der Waals surface area contributed by atoms with Gasteiger partial charge in [-0.1, -0.05) is 19.1 Å². The lowest BCUT2D eigenvalue weighted by molar-refractivity contribution is -0.128. The number of ether oxygens (including phenoxy) is 3. The SMILES string of the molecule is CCCOc1c(I)cc(C=NNC(=O)C(C)NC(=O)Cc2ccc(OC)cc2)cc1OCC. The monoisotopic (exact) mass is 567 g/mol. The van der Waals surface area contributed by atoms with Gasteiger partial charge in [-0.25, -0.2) is 5.43 Å². The normalized spacial score (nSPS) is 11.7. The first-order chi connectivity index (χ1) is 15.9. The summed E-state index contributed by atoms with van der Waals surface area (Å²) < 4.78 is 17.5. The van der Waals surface area contributed by atoms with Gasteiger partial charge in [0.2, 0.25) is 5.91 Å². The lowest BCUT2D eigenvalue weighted by atomic mass is 10.1. The van der Waals surface area contributed by atoms with E-state index >= 15 is 0 Å². The van der Waals surface area contributed by atoms with Crippen molar-refractivity contribution in [3.05, 3.63) is 51.1 Å². The molecule has 0 aliphatic carbocycles. The molecule has 178 valence electrons. The molecule has 0 aliphatic heterocycles. The van der Waals surface area contributed by atoms with Gasteiger partial charge in [0.25, 0.3) is 5.91 Å². The number of halogens is 1. The molecule has 0 saturated carbocycles. The van der Waals surface area contributed by atoms with Crippen LogP contribution in [0.5, 0.6) is 17.2 Å². The largest absolute Gasteiger partial charge is 0.497 e. The second-order valence-electron chi connectivity index (χ2n) is 7.16. The Morgan fingerprint density at radius 1 is 1.15 bits per heavy atom. The zero-order valence-electron chi connectivity index (χ0n) is 19.3. The van der Waals surface area contributed by atoms with Gasteiger partial charge in [0, 0.05) is 0 Å². The number of benzene rings is 2. The van der Waals surface area contributed by atoms with E-state index in [0.717, 1.165) is 26.9 Å². The molecule has 0 aromatic heterocycles. The van der Waals surface area contributed by atoms with Gasteiger partial charge >= 0.3 is 0 Å². The summed E-state index contributed by atoms with van der Waals surface area (Å²) in [4.78, 5) is 24.5. The maximum Gasteiger partial charge on any atom is 0.262 e. The van der Waals surface area contributed by atoms with Crippen LogP contribution in [0.25, 0.3) is 0 Å². The van der Waals surface area contributed by atoms with Crippen LogP contribution in [0.3, 0.4) is 0 Å². The highest BCUT2D eigenvalue weighted by molar-refractivity contribution is 14.1. The summed E-state index contributed by atoms with van der Waals surface area (Å²) in [5, 5.41) is 6.69. The molecular weight excluding hydrogens is 537 g/mol. The van der Waals surface area contributed by atoms with Crippen LogP contribution >= 0.6 is 22.6 Å². The fourth-order valence-corrected chi connectivity index (χ4v) is 3.60. The summed E-state index contributed by atoms with van der Waals surface area (Å²) in [5.74, 6) is 1.37. The van der Waals surface area contributed by atoms with Crippen LogP contribution in [-0.4, -0.2) is 44.4 Å². The average Bonchev–Trinajstić information content (AvgIpc) is 2.79. The molecular formula is C24H30IN3O5. The van der Waals surface area contributed by atoms with Crippen LogP contribution in [-0.2, 0) is 16.0 Å². The Morgan fingerprint density at radius 2 is 1.88 bits per heavy atom. The molecule has 0 saturated heterocycles. The molecule has 1 atom stereocenters. The van der Waals surface area contributed by atoms with Crippen LogP contribution in [0, 0.1) is 3.57 Å². The summed E-state index contributed by atoms with van der Waals surface area (Å²) in [6.07, 6.45) is 2.58. The average molecular weight is 567 g/mol. The van der Waals surface area contributed by atoms with Gasteiger partial charge in [-0.15, -0.1) is 0 Å². The number of carbonyl (C=O) groups is 2. The molecule has 0 spiro atoms. The minimum Gasteiger partial charge on any atom is -0.497 e. The fraction of sp³-hybridized carbons (Fsp3) is 0.375. The quantitative estimate of drug-likeness (QED) is 0.232. The molecule has 33 heavy (non-hydrogen) atoms. The van der Waals surface area contributed by atoms with Crippen LogP contribution in [0.2, 0.25) is 0 Å². The second kappa shape index (κ2) is 13.7. The third-order valence-corrected chi connectivity index (χ3v) is 5.27. The van der Waals surface area contributed by atoms with Crippen molar-refractivity contribution in [2.24, 2.45) is 5.10 Å². The lowest BCUT2D eigenvalue weighted by Crippen LogP contribution is -2.43. The Balaban J connectivity index is 1.92. The predicted molar refractivity (Wildman–Crippen MR) is 136 cm³/mol. The van der Waals surface area contributed by atoms with Crippen LogP contribution < -0.4 is 25.0 Å². The third-order valence-electron chi connectivity index (χ3n) is 4.47. The lowest BCUT2D eigenvalue weighted by Gasteiger charge is -2.14. The van der Waals surface area contributed by atoms with Crippen molar-refractivity contribution in [3.8, 4) is 17.2 Å². The highest BCUT2D eigenvalue weighted by Gasteiger charge is 2.16. The molecule has 1 unspecified atom stereocenters. The number of amides is 2. The third kappa shape index (κ3) is 8.56. The summed E-state index contributed by atoms with van der Waals surface area (Å²) in [6.45, 7) is 6.65. The van der Waals surface area contributed by atoms with Crippen LogP contribution in [0.15, 0.2) is 41.5 Å². The first-order valence-corrected chi connectivity index (χ1v) is 11.8. The number of nitrogens with zero attached hydrogens (tertiary/aromatic N) is 1. The van der Waals surface area contributed by atoms with Crippen molar-refractivity contribution in [1.82, 2.24) is 10.7 Å². The minimum absolute atomic E-state index is 0.163. The zero-order chi connectivity index (χ0) is 24.2. The van der Waals surface area contributed by atoms with Gasteiger partial charge in [-0.3, -0.25) is 9.59 Å². The van der Waals surface area contributed by atoms with E-state index < -0.39 is 11.9 Å². The van der Waals surface area contributed by atoms with E-state index in [1.807, 2.05) is 38.1 Å². The number of hydrogen-bond acceptors (Lipinski definition) is 6. The number of rotatable bonds is 12.